The fraction of sp³-hybridized carbons (Fsp3) is 0.375. The second-order valence-electron chi connectivity index (χ2n) is 5.75. The third-order valence-electron chi connectivity index (χ3n) is 4.29. The standard InChI is InChI=1S/C16H17F2N5/c1-2-10-8-11(17)12(18)9-13(10)23-15(20)21-14(19)22-16(23)6-4-3-5-7-16/h1,8-9H,3-7H2,(H4,19,20,21,22). The van der Waals surface area contributed by atoms with Gasteiger partial charge in [-0.2, -0.15) is 4.99 Å². The average Bonchev–Trinajstić information content (AvgIpc) is 2.50. The van der Waals surface area contributed by atoms with E-state index >= 15 is 0 Å². The van der Waals surface area contributed by atoms with E-state index in [0.717, 1.165) is 31.4 Å². The zero-order valence-corrected chi connectivity index (χ0v) is 12.5. The Morgan fingerprint density at radius 1 is 1.13 bits per heavy atom. The molecule has 0 amide bonds. The molecule has 1 heterocycles. The third-order valence-corrected chi connectivity index (χ3v) is 4.29. The van der Waals surface area contributed by atoms with Crippen molar-refractivity contribution in [3.63, 3.8) is 0 Å². The molecule has 0 aromatic heterocycles. The first-order valence-electron chi connectivity index (χ1n) is 7.42. The number of nitrogens with two attached hydrogens (primary N) is 2. The molecule has 0 saturated heterocycles. The Balaban J connectivity index is 2.18. The van der Waals surface area contributed by atoms with E-state index in [1.54, 1.807) is 4.90 Å². The van der Waals surface area contributed by atoms with Crippen molar-refractivity contribution in [2.75, 3.05) is 4.90 Å². The highest BCUT2D eigenvalue weighted by Gasteiger charge is 2.43. The van der Waals surface area contributed by atoms with E-state index in [1.807, 2.05) is 0 Å². The topological polar surface area (TPSA) is 80.0 Å². The first kappa shape index (κ1) is 15.3. The van der Waals surface area contributed by atoms with Gasteiger partial charge in [0.05, 0.1) is 11.3 Å². The normalized spacial score (nSPS) is 20.0. The lowest BCUT2D eigenvalue weighted by atomic mass is 9.87. The zero-order valence-electron chi connectivity index (χ0n) is 12.5. The maximum atomic E-state index is 13.8. The number of hydrogen-bond donors (Lipinski definition) is 2. The maximum Gasteiger partial charge on any atom is 0.220 e. The van der Waals surface area contributed by atoms with Crippen LogP contribution in [0.2, 0.25) is 0 Å². The number of guanidine groups is 2. The number of rotatable bonds is 1. The van der Waals surface area contributed by atoms with Gasteiger partial charge in [-0.3, -0.25) is 4.90 Å². The number of anilines is 1. The number of halogens is 2. The Labute approximate surface area is 133 Å². The smallest absolute Gasteiger partial charge is 0.220 e. The molecular weight excluding hydrogens is 300 g/mol. The van der Waals surface area contributed by atoms with Crippen LogP contribution in [0.4, 0.5) is 14.5 Å². The molecule has 120 valence electrons. The summed E-state index contributed by atoms with van der Waals surface area (Å²) in [6.07, 6.45) is 9.76. The molecule has 5 nitrogen and oxygen atoms in total. The zero-order chi connectivity index (χ0) is 16.6. The van der Waals surface area contributed by atoms with E-state index in [1.165, 1.54) is 0 Å². The SMILES string of the molecule is C#Cc1cc(F)c(F)cc1N1C(N)=NC(N)=NC12CCCCC2. The van der Waals surface area contributed by atoms with Crippen LogP contribution in [0.5, 0.6) is 0 Å². The molecule has 3 rings (SSSR count). The summed E-state index contributed by atoms with van der Waals surface area (Å²) in [6.45, 7) is 0. The highest BCUT2D eigenvalue weighted by Crippen LogP contribution is 2.40. The molecule has 0 radical (unpaired) electrons. The summed E-state index contributed by atoms with van der Waals surface area (Å²) in [5, 5.41) is 0. The monoisotopic (exact) mass is 317 g/mol. The van der Waals surface area contributed by atoms with Crippen molar-refractivity contribution in [1.29, 1.82) is 0 Å². The Morgan fingerprint density at radius 3 is 2.43 bits per heavy atom. The number of nitrogens with zero attached hydrogens (tertiary/aromatic N) is 3. The van der Waals surface area contributed by atoms with Gasteiger partial charge in [-0.25, -0.2) is 13.8 Å². The Bertz CT molecular complexity index is 742. The van der Waals surface area contributed by atoms with Gasteiger partial charge >= 0.3 is 0 Å². The average molecular weight is 317 g/mol. The van der Waals surface area contributed by atoms with E-state index < -0.39 is 17.3 Å². The molecule has 1 aliphatic heterocycles. The van der Waals surface area contributed by atoms with Crippen molar-refractivity contribution >= 4 is 17.6 Å². The molecule has 1 aromatic rings. The van der Waals surface area contributed by atoms with Gasteiger partial charge in [0, 0.05) is 6.07 Å². The van der Waals surface area contributed by atoms with Crippen LogP contribution >= 0.6 is 0 Å². The van der Waals surface area contributed by atoms with Gasteiger partial charge in [0.2, 0.25) is 11.9 Å². The highest BCUT2D eigenvalue weighted by molar-refractivity contribution is 6.06. The second kappa shape index (κ2) is 5.54. The summed E-state index contributed by atoms with van der Waals surface area (Å²) in [6, 6.07) is 2.02. The van der Waals surface area contributed by atoms with Crippen molar-refractivity contribution in [3.8, 4) is 12.3 Å². The fourth-order valence-electron chi connectivity index (χ4n) is 3.31. The predicted octanol–water partition coefficient (Wildman–Crippen LogP) is 2.06. The molecular formula is C16H17F2N5. The molecule has 0 bridgehead atoms. The van der Waals surface area contributed by atoms with Crippen LogP contribution in [-0.4, -0.2) is 17.6 Å². The molecule has 1 saturated carbocycles. The largest absolute Gasteiger partial charge is 0.369 e. The van der Waals surface area contributed by atoms with Crippen LogP contribution in [0.1, 0.15) is 37.7 Å². The van der Waals surface area contributed by atoms with Crippen molar-refractivity contribution in [2.24, 2.45) is 21.5 Å². The fourth-order valence-corrected chi connectivity index (χ4v) is 3.31. The summed E-state index contributed by atoms with van der Waals surface area (Å²) in [5.41, 5.74) is 11.6. The molecule has 1 spiro atoms. The summed E-state index contributed by atoms with van der Waals surface area (Å²) in [5.74, 6) is 0.545. The highest BCUT2D eigenvalue weighted by atomic mass is 19.2. The summed E-state index contributed by atoms with van der Waals surface area (Å²) >= 11 is 0. The lowest BCUT2D eigenvalue weighted by Crippen LogP contribution is -2.58. The first-order valence-corrected chi connectivity index (χ1v) is 7.42. The minimum atomic E-state index is -1.00. The van der Waals surface area contributed by atoms with Crippen LogP contribution in [0.25, 0.3) is 0 Å². The van der Waals surface area contributed by atoms with Crippen LogP contribution in [-0.2, 0) is 0 Å². The van der Waals surface area contributed by atoms with Crippen molar-refractivity contribution in [3.05, 3.63) is 29.3 Å². The van der Waals surface area contributed by atoms with Crippen LogP contribution in [0.3, 0.4) is 0 Å². The number of benzene rings is 1. The van der Waals surface area contributed by atoms with E-state index in [0.29, 0.717) is 12.8 Å². The van der Waals surface area contributed by atoms with Crippen molar-refractivity contribution < 1.29 is 8.78 Å². The van der Waals surface area contributed by atoms with Gasteiger partial charge in [-0.15, -0.1) is 6.42 Å². The van der Waals surface area contributed by atoms with E-state index in [-0.39, 0.29) is 23.2 Å². The molecule has 23 heavy (non-hydrogen) atoms. The van der Waals surface area contributed by atoms with Gasteiger partial charge in [-0.05, 0) is 31.7 Å². The van der Waals surface area contributed by atoms with Gasteiger partial charge in [0.25, 0.3) is 0 Å². The van der Waals surface area contributed by atoms with Gasteiger partial charge in [0.1, 0.15) is 5.66 Å². The van der Waals surface area contributed by atoms with Crippen molar-refractivity contribution in [1.82, 2.24) is 0 Å². The lowest BCUT2D eigenvalue weighted by Gasteiger charge is -2.45. The molecule has 1 fully saturated rings. The summed E-state index contributed by atoms with van der Waals surface area (Å²) in [4.78, 5) is 10.1. The quantitative estimate of drug-likeness (QED) is 0.778. The lowest BCUT2D eigenvalue weighted by molar-refractivity contribution is 0.305. The Kier molecular flexibility index (Phi) is 3.68. The summed E-state index contributed by atoms with van der Waals surface area (Å²) < 4.78 is 27.3. The Morgan fingerprint density at radius 2 is 1.78 bits per heavy atom. The molecule has 4 N–H and O–H groups in total. The molecule has 7 heteroatoms. The molecule has 0 atom stereocenters. The Hall–Kier alpha value is -2.62. The van der Waals surface area contributed by atoms with Crippen molar-refractivity contribution in [2.45, 2.75) is 37.8 Å². The van der Waals surface area contributed by atoms with Gasteiger partial charge < -0.3 is 11.5 Å². The second-order valence-corrected chi connectivity index (χ2v) is 5.75. The first-order chi connectivity index (χ1) is 11.0. The van der Waals surface area contributed by atoms with Crippen LogP contribution < -0.4 is 16.4 Å². The maximum absolute atomic E-state index is 13.8. The number of hydrogen-bond acceptors (Lipinski definition) is 5. The predicted molar refractivity (Wildman–Crippen MR) is 85.8 cm³/mol. The van der Waals surface area contributed by atoms with Crippen LogP contribution in [0.15, 0.2) is 22.1 Å². The molecule has 1 aliphatic carbocycles. The number of aliphatic imine (C=N–C) groups is 2. The summed E-state index contributed by atoms with van der Waals surface area (Å²) in [7, 11) is 0. The van der Waals surface area contributed by atoms with E-state index in [2.05, 4.69) is 15.9 Å². The number of terminal acetylenes is 1. The van der Waals surface area contributed by atoms with Crippen LogP contribution in [0, 0.1) is 24.0 Å². The minimum Gasteiger partial charge on any atom is -0.369 e. The molecule has 0 unspecified atom stereocenters. The molecule has 2 aliphatic rings. The minimum absolute atomic E-state index is 0.0851. The van der Waals surface area contributed by atoms with Gasteiger partial charge in [-0.1, -0.05) is 12.3 Å². The third kappa shape index (κ3) is 2.50. The van der Waals surface area contributed by atoms with Gasteiger partial charge in [0.15, 0.2) is 11.6 Å². The van der Waals surface area contributed by atoms with E-state index in [9.17, 15) is 8.78 Å². The molecule has 1 aromatic carbocycles. The van der Waals surface area contributed by atoms with E-state index in [4.69, 9.17) is 17.9 Å².